The third-order valence-corrected chi connectivity index (χ3v) is 3.94. The minimum Gasteiger partial charge on any atom is -0.508 e. The van der Waals surface area contributed by atoms with Gasteiger partial charge in [-0.25, -0.2) is 0 Å². The van der Waals surface area contributed by atoms with Gasteiger partial charge in [0.2, 0.25) is 0 Å². The molecule has 0 aliphatic rings. The van der Waals surface area contributed by atoms with Gasteiger partial charge in [0, 0.05) is 15.9 Å². The van der Waals surface area contributed by atoms with E-state index in [9.17, 15) is 15.2 Å². The molecule has 2 aromatic carbocycles. The lowest BCUT2D eigenvalue weighted by molar-refractivity contribution is -0.384. The van der Waals surface area contributed by atoms with Crippen molar-refractivity contribution in [3.8, 4) is 5.75 Å². The molecule has 2 rings (SSSR count). The van der Waals surface area contributed by atoms with E-state index in [1.165, 1.54) is 17.8 Å². The molecule has 0 spiro atoms. The summed E-state index contributed by atoms with van der Waals surface area (Å²) in [7, 11) is 0. The van der Waals surface area contributed by atoms with Gasteiger partial charge < -0.3 is 5.11 Å². The van der Waals surface area contributed by atoms with Crippen LogP contribution in [0.5, 0.6) is 5.75 Å². The van der Waals surface area contributed by atoms with Crippen molar-refractivity contribution in [3.05, 3.63) is 57.1 Å². The first-order valence-electron chi connectivity index (χ1n) is 5.39. The zero-order valence-electron chi connectivity index (χ0n) is 9.96. The van der Waals surface area contributed by atoms with Crippen LogP contribution in [0.2, 0.25) is 5.02 Å². The van der Waals surface area contributed by atoms with E-state index < -0.39 is 4.92 Å². The molecule has 0 bridgehead atoms. The zero-order chi connectivity index (χ0) is 14.0. The van der Waals surface area contributed by atoms with E-state index >= 15 is 0 Å². The summed E-state index contributed by atoms with van der Waals surface area (Å²) in [6.07, 6.45) is 0. The Labute approximate surface area is 119 Å². The van der Waals surface area contributed by atoms with Crippen LogP contribution in [0.25, 0.3) is 0 Å². The van der Waals surface area contributed by atoms with Crippen molar-refractivity contribution in [3.63, 3.8) is 0 Å². The largest absolute Gasteiger partial charge is 0.508 e. The van der Waals surface area contributed by atoms with Crippen molar-refractivity contribution in [2.45, 2.75) is 16.7 Å². The van der Waals surface area contributed by atoms with Gasteiger partial charge in [0.1, 0.15) is 10.8 Å². The highest BCUT2D eigenvalue weighted by molar-refractivity contribution is 7.99. The van der Waals surface area contributed by atoms with Crippen molar-refractivity contribution in [1.82, 2.24) is 0 Å². The summed E-state index contributed by atoms with van der Waals surface area (Å²) in [6.45, 7) is 1.79. The molecule has 19 heavy (non-hydrogen) atoms. The number of phenols is 1. The first-order chi connectivity index (χ1) is 8.97. The van der Waals surface area contributed by atoms with Gasteiger partial charge in [-0.3, -0.25) is 10.1 Å². The quantitative estimate of drug-likeness (QED) is 0.673. The lowest BCUT2D eigenvalue weighted by Crippen LogP contribution is -1.91. The van der Waals surface area contributed by atoms with Crippen LogP contribution in [-0.2, 0) is 0 Å². The van der Waals surface area contributed by atoms with Gasteiger partial charge in [-0.2, -0.15) is 0 Å². The number of nitro benzene ring substituents is 1. The lowest BCUT2D eigenvalue weighted by Gasteiger charge is -2.07. The molecule has 0 aliphatic heterocycles. The normalized spacial score (nSPS) is 10.4. The number of halogens is 1. The number of aromatic hydroxyl groups is 1. The van der Waals surface area contributed by atoms with E-state index in [1.807, 2.05) is 6.07 Å². The van der Waals surface area contributed by atoms with Crippen LogP contribution < -0.4 is 0 Å². The molecule has 0 fully saturated rings. The molecule has 2 aromatic rings. The highest BCUT2D eigenvalue weighted by Gasteiger charge is 2.15. The first kappa shape index (κ1) is 13.7. The summed E-state index contributed by atoms with van der Waals surface area (Å²) >= 11 is 7.29. The fourth-order valence-corrected chi connectivity index (χ4v) is 2.85. The summed E-state index contributed by atoms with van der Waals surface area (Å²) in [5.74, 6) is 0.177. The van der Waals surface area contributed by atoms with Gasteiger partial charge in [0.15, 0.2) is 0 Å². The maximum absolute atomic E-state index is 10.8. The molecule has 0 aliphatic carbocycles. The van der Waals surface area contributed by atoms with Gasteiger partial charge in [0.05, 0.1) is 4.92 Å². The molecule has 0 aromatic heterocycles. The second-order valence-corrected chi connectivity index (χ2v) is 5.45. The minimum absolute atomic E-state index is 0.0978. The van der Waals surface area contributed by atoms with Crippen molar-refractivity contribution in [2.75, 3.05) is 0 Å². The summed E-state index contributed by atoms with van der Waals surface area (Å²) in [5.41, 5.74) is 0.670. The second kappa shape index (κ2) is 5.50. The third kappa shape index (κ3) is 3.19. The predicted molar refractivity (Wildman–Crippen MR) is 75.1 cm³/mol. The maximum Gasteiger partial charge on any atom is 0.288 e. The highest BCUT2D eigenvalue weighted by Crippen LogP contribution is 2.37. The van der Waals surface area contributed by atoms with E-state index in [4.69, 9.17) is 11.6 Å². The fourth-order valence-electron chi connectivity index (χ4n) is 1.57. The SMILES string of the molecule is Cc1cc([N+](=O)[O-])c(Cl)cc1Sc1cccc(O)c1. The van der Waals surface area contributed by atoms with Crippen LogP contribution in [0.15, 0.2) is 46.2 Å². The molecule has 6 heteroatoms. The van der Waals surface area contributed by atoms with E-state index in [0.29, 0.717) is 0 Å². The Morgan fingerprint density at radius 3 is 2.68 bits per heavy atom. The zero-order valence-corrected chi connectivity index (χ0v) is 11.5. The Morgan fingerprint density at radius 1 is 1.32 bits per heavy atom. The van der Waals surface area contributed by atoms with E-state index in [0.717, 1.165) is 15.4 Å². The molecule has 98 valence electrons. The van der Waals surface area contributed by atoms with Gasteiger partial charge in [-0.15, -0.1) is 0 Å². The minimum atomic E-state index is -0.502. The number of phenolic OH excluding ortho intramolecular Hbond substituents is 1. The van der Waals surface area contributed by atoms with Crippen LogP contribution in [0, 0.1) is 17.0 Å². The van der Waals surface area contributed by atoms with Crippen LogP contribution in [0.4, 0.5) is 5.69 Å². The van der Waals surface area contributed by atoms with Crippen molar-refractivity contribution >= 4 is 29.1 Å². The maximum atomic E-state index is 10.8. The standard InChI is InChI=1S/C13H10ClNO3S/c1-8-5-12(15(17)18)11(14)7-13(8)19-10-4-2-3-9(16)6-10/h2-7,16H,1H3. The molecule has 0 unspecified atom stereocenters. The molecule has 0 saturated carbocycles. The second-order valence-electron chi connectivity index (χ2n) is 3.93. The number of hydrogen-bond acceptors (Lipinski definition) is 4. The van der Waals surface area contributed by atoms with Crippen molar-refractivity contribution in [2.24, 2.45) is 0 Å². The topological polar surface area (TPSA) is 63.4 Å². The van der Waals surface area contributed by atoms with E-state index in [2.05, 4.69) is 0 Å². The van der Waals surface area contributed by atoms with Crippen LogP contribution >= 0.6 is 23.4 Å². The number of aryl methyl sites for hydroxylation is 1. The predicted octanol–water partition coefficient (Wildman–Crippen LogP) is 4.41. The molecular formula is C13H10ClNO3S. The van der Waals surface area contributed by atoms with Gasteiger partial charge in [-0.1, -0.05) is 29.4 Å². The Bertz CT molecular complexity index is 646. The molecule has 0 radical (unpaired) electrons. The smallest absolute Gasteiger partial charge is 0.288 e. The molecule has 1 N–H and O–H groups in total. The van der Waals surface area contributed by atoms with Gasteiger partial charge >= 0.3 is 0 Å². The van der Waals surface area contributed by atoms with Gasteiger partial charge in [-0.05, 0) is 36.8 Å². The number of rotatable bonds is 3. The van der Waals surface area contributed by atoms with E-state index in [1.54, 1.807) is 31.2 Å². The molecule has 0 amide bonds. The summed E-state index contributed by atoms with van der Waals surface area (Å²) in [4.78, 5) is 11.9. The van der Waals surface area contributed by atoms with Crippen LogP contribution in [0.3, 0.4) is 0 Å². The third-order valence-electron chi connectivity index (χ3n) is 2.49. The van der Waals surface area contributed by atoms with Gasteiger partial charge in [0.25, 0.3) is 5.69 Å². The summed E-state index contributed by atoms with van der Waals surface area (Å²) in [5, 5.41) is 20.3. The molecule has 0 saturated heterocycles. The average molecular weight is 296 g/mol. The molecule has 0 atom stereocenters. The van der Waals surface area contributed by atoms with Crippen molar-refractivity contribution < 1.29 is 10.0 Å². The van der Waals surface area contributed by atoms with Crippen LogP contribution in [0.1, 0.15) is 5.56 Å². The Balaban J connectivity index is 2.36. The highest BCUT2D eigenvalue weighted by atomic mass is 35.5. The average Bonchev–Trinajstić information content (AvgIpc) is 2.33. The van der Waals surface area contributed by atoms with Crippen LogP contribution in [-0.4, -0.2) is 10.0 Å². The number of nitrogens with zero attached hydrogens (tertiary/aromatic N) is 1. The molecule has 0 heterocycles. The Hall–Kier alpha value is -1.72. The number of hydrogen-bond donors (Lipinski definition) is 1. The molecule has 4 nitrogen and oxygen atoms in total. The number of benzene rings is 2. The fraction of sp³-hybridized carbons (Fsp3) is 0.0769. The Kier molecular flexibility index (Phi) is 3.97. The summed E-state index contributed by atoms with van der Waals surface area (Å²) in [6, 6.07) is 9.81. The molecular weight excluding hydrogens is 286 g/mol. The summed E-state index contributed by atoms with van der Waals surface area (Å²) < 4.78 is 0. The monoisotopic (exact) mass is 295 g/mol. The van der Waals surface area contributed by atoms with E-state index in [-0.39, 0.29) is 16.5 Å². The lowest BCUT2D eigenvalue weighted by atomic mass is 10.2. The first-order valence-corrected chi connectivity index (χ1v) is 6.58. The van der Waals surface area contributed by atoms with Crippen molar-refractivity contribution in [1.29, 1.82) is 0 Å². The number of nitro groups is 1. The Morgan fingerprint density at radius 2 is 2.05 bits per heavy atom.